The van der Waals surface area contributed by atoms with Crippen molar-refractivity contribution < 1.29 is 4.74 Å². The molecular formula is C12H10Cl2N2O. The molecule has 0 saturated carbocycles. The topological polar surface area (TPSA) is 48.1 Å². The average Bonchev–Trinajstić information content (AvgIpc) is 2.30. The van der Waals surface area contributed by atoms with Crippen LogP contribution in [0.5, 0.6) is 5.75 Å². The van der Waals surface area contributed by atoms with E-state index in [1.807, 2.05) is 0 Å². The lowest BCUT2D eigenvalue weighted by Gasteiger charge is -2.08. The molecule has 0 spiro atoms. The van der Waals surface area contributed by atoms with Gasteiger partial charge in [-0.25, -0.2) is 0 Å². The SMILES string of the molecule is Nc1ccnc(COc2cc(Cl)ccc2Cl)c1. The van der Waals surface area contributed by atoms with Crippen LogP contribution in [0.4, 0.5) is 5.69 Å². The Morgan fingerprint density at radius 2 is 2.00 bits per heavy atom. The maximum atomic E-state index is 5.96. The molecule has 0 unspecified atom stereocenters. The summed E-state index contributed by atoms with van der Waals surface area (Å²) in [6.07, 6.45) is 1.63. The predicted octanol–water partition coefficient (Wildman–Crippen LogP) is 3.55. The fourth-order valence-electron chi connectivity index (χ4n) is 1.32. The number of pyridine rings is 1. The largest absolute Gasteiger partial charge is 0.486 e. The maximum Gasteiger partial charge on any atom is 0.139 e. The van der Waals surface area contributed by atoms with Crippen molar-refractivity contribution >= 4 is 28.9 Å². The van der Waals surface area contributed by atoms with Gasteiger partial charge in [0.15, 0.2) is 0 Å². The highest BCUT2D eigenvalue weighted by molar-refractivity contribution is 6.34. The van der Waals surface area contributed by atoms with Crippen molar-refractivity contribution in [3.05, 3.63) is 52.3 Å². The number of anilines is 1. The first kappa shape index (κ1) is 12.0. The van der Waals surface area contributed by atoms with Gasteiger partial charge in [-0.3, -0.25) is 4.98 Å². The van der Waals surface area contributed by atoms with Crippen LogP contribution in [-0.4, -0.2) is 4.98 Å². The first-order chi connectivity index (χ1) is 8.15. The van der Waals surface area contributed by atoms with Gasteiger partial charge < -0.3 is 10.5 Å². The minimum atomic E-state index is 0.297. The van der Waals surface area contributed by atoms with Crippen LogP contribution in [0, 0.1) is 0 Å². The lowest BCUT2D eigenvalue weighted by Crippen LogP contribution is -1.99. The number of aromatic nitrogens is 1. The van der Waals surface area contributed by atoms with Crippen LogP contribution in [-0.2, 0) is 6.61 Å². The van der Waals surface area contributed by atoms with Gasteiger partial charge in [0.25, 0.3) is 0 Å². The van der Waals surface area contributed by atoms with Gasteiger partial charge in [0, 0.05) is 23.0 Å². The molecule has 5 heteroatoms. The number of nitrogens with two attached hydrogens (primary N) is 1. The van der Waals surface area contributed by atoms with E-state index in [-0.39, 0.29) is 0 Å². The van der Waals surface area contributed by atoms with E-state index in [1.165, 1.54) is 0 Å². The Kier molecular flexibility index (Phi) is 3.71. The van der Waals surface area contributed by atoms with Crippen molar-refractivity contribution in [2.75, 3.05) is 5.73 Å². The molecule has 0 aliphatic rings. The molecule has 0 aliphatic carbocycles. The van der Waals surface area contributed by atoms with Crippen LogP contribution in [0.2, 0.25) is 10.0 Å². The lowest BCUT2D eigenvalue weighted by molar-refractivity contribution is 0.301. The zero-order chi connectivity index (χ0) is 12.3. The van der Waals surface area contributed by atoms with Gasteiger partial charge in [-0.05, 0) is 24.3 Å². The zero-order valence-electron chi connectivity index (χ0n) is 8.86. The Morgan fingerprint density at radius 1 is 1.18 bits per heavy atom. The van der Waals surface area contributed by atoms with Crippen LogP contribution in [0.1, 0.15) is 5.69 Å². The third-order valence-corrected chi connectivity index (χ3v) is 2.66. The smallest absolute Gasteiger partial charge is 0.139 e. The summed E-state index contributed by atoms with van der Waals surface area (Å²) in [4.78, 5) is 4.13. The highest BCUT2D eigenvalue weighted by Crippen LogP contribution is 2.28. The Bertz CT molecular complexity index is 532. The summed E-state index contributed by atoms with van der Waals surface area (Å²) in [7, 11) is 0. The minimum Gasteiger partial charge on any atom is -0.486 e. The van der Waals surface area contributed by atoms with Gasteiger partial charge in [0.1, 0.15) is 12.4 Å². The minimum absolute atomic E-state index is 0.297. The third kappa shape index (κ3) is 3.25. The van der Waals surface area contributed by atoms with Crippen LogP contribution >= 0.6 is 23.2 Å². The molecule has 3 nitrogen and oxygen atoms in total. The summed E-state index contributed by atoms with van der Waals surface area (Å²) in [6, 6.07) is 8.52. The molecule has 17 heavy (non-hydrogen) atoms. The highest BCUT2D eigenvalue weighted by atomic mass is 35.5. The van der Waals surface area contributed by atoms with Crippen molar-refractivity contribution in [2.45, 2.75) is 6.61 Å². The number of hydrogen-bond acceptors (Lipinski definition) is 3. The number of hydrogen-bond donors (Lipinski definition) is 1. The summed E-state index contributed by atoms with van der Waals surface area (Å²) in [5.41, 5.74) is 7.02. The summed E-state index contributed by atoms with van der Waals surface area (Å²) in [6.45, 7) is 0.297. The molecule has 2 N–H and O–H groups in total. The van der Waals surface area contributed by atoms with Gasteiger partial charge in [-0.15, -0.1) is 0 Å². The standard InChI is InChI=1S/C12H10Cl2N2O/c13-8-1-2-11(14)12(5-8)17-7-10-6-9(15)3-4-16-10/h1-6H,7H2,(H2,15,16). The number of rotatable bonds is 3. The molecule has 0 saturated heterocycles. The third-order valence-electron chi connectivity index (χ3n) is 2.11. The number of nitrogen functional groups attached to an aromatic ring is 1. The molecule has 0 radical (unpaired) electrons. The monoisotopic (exact) mass is 268 g/mol. The molecule has 0 aliphatic heterocycles. The van der Waals surface area contributed by atoms with E-state index in [0.29, 0.717) is 28.1 Å². The van der Waals surface area contributed by atoms with Gasteiger partial charge in [-0.1, -0.05) is 23.2 Å². The van der Waals surface area contributed by atoms with Crippen LogP contribution in [0.15, 0.2) is 36.5 Å². The highest BCUT2D eigenvalue weighted by Gasteiger charge is 2.03. The van der Waals surface area contributed by atoms with Crippen molar-refractivity contribution in [3.8, 4) is 5.75 Å². The van der Waals surface area contributed by atoms with Crippen LogP contribution in [0.25, 0.3) is 0 Å². The van der Waals surface area contributed by atoms with Crippen molar-refractivity contribution in [1.29, 1.82) is 0 Å². The molecule has 1 aromatic heterocycles. The second-order valence-corrected chi connectivity index (χ2v) is 4.29. The number of benzene rings is 1. The Labute approximate surface area is 109 Å². The summed E-state index contributed by atoms with van der Waals surface area (Å²) < 4.78 is 5.52. The van der Waals surface area contributed by atoms with E-state index in [0.717, 1.165) is 5.69 Å². The Balaban J connectivity index is 2.09. The van der Waals surface area contributed by atoms with Gasteiger partial charge in [-0.2, -0.15) is 0 Å². The summed E-state index contributed by atoms with van der Waals surface area (Å²) >= 11 is 11.8. The summed E-state index contributed by atoms with van der Waals surface area (Å²) in [5.74, 6) is 0.531. The molecule has 1 aromatic carbocycles. The quantitative estimate of drug-likeness (QED) is 0.926. The fraction of sp³-hybridized carbons (Fsp3) is 0.0833. The van der Waals surface area contributed by atoms with Gasteiger partial charge in [0.2, 0.25) is 0 Å². The predicted molar refractivity (Wildman–Crippen MR) is 69.4 cm³/mol. The van der Waals surface area contributed by atoms with Crippen molar-refractivity contribution in [1.82, 2.24) is 4.98 Å². The first-order valence-electron chi connectivity index (χ1n) is 4.93. The normalized spacial score (nSPS) is 10.2. The number of ether oxygens (including phenoxy) is 1. The van der Waals surface area contributed by atoms with E-state index in [4.69, 9.17) is 33.7 Å². The van der Waals surface area contributed by atoms with E-state index in [9.17, 15) is 0 Å². The molecule has 1 heterocycles. The molecular weight excluding hydrogens is 259 g/mol. The number of nitrogens with zero attached hydrogens (tertiary/aromatic N) is 1. The lowest BCUT2D eigenvalue weighted by atomic mass is 10.3. The zero-order valence-corrected chi connectivity index (χ0v) is 10.4. The average molecular weight is 269 g/mol. The molecule has 88 valence electrons. The maximum absolute atomic E-state index is 5.96. The fourth-order valence-corrected chi connectivity index (χ4v) is 1.65. The molecule has 2 aromatic rings. The van der Waals surface area contributed by atoms with E-state index in [1.54, 1.807) is 36.5 Å². The van der Waals surface area contributed by atoms with Gasteiger partial charge in [0.05, 0.1) is 10.7 Å². The number of halogens is 2. The van der Waals surface area contributed by atoms with Crippen LogP contribution < -0.4 is 10.5 Å². The van der Waals surface area contributed by atoms with E-state index in [2.05, 4.69) is 4.98 Å². The van der Waals surface area contributed by atoms with E-state index < -0.39 is 0 Å². The van der Waals surface area contributed by atoms with Crippen molar-refractivity contribution in [2.24, 2.45) is 0 Å². The first-order valence-corrected chi connectivity index (χ1v) is 5.69. The van der Waals surface area contributed by atoms with E-state index >= 15 is 0 Å². The van der Waals surface area contributed by atoms with Crippen LogP contribution in [0.3, 0.4) is 0 Å². The molecule has 0 fully saturated rings. The second-order valence-electron chi connectivity index (χ2n) is 3.44. The Hall–Kier alpha value is -1.45. The molecule has 0 amide bonds. The van der Waals surface area contributed by atoms with Gasteiger partial charge >= 0.3 is 0 Å². The Morgan fingerprint density at radius 3 is 2.76 bits per heavy atom. The molecule has 0 bridgehead atoms. The molecule has 2 rings (SSSR count). The summed E-state index contributed by atoms with van der Waals surface area (Å²) in [5, 5.41) is 1.09. The van der Waals surface area contributed by atoms with Crippen molar-refractivity contribution in [3.63, 3.8) is 0 Å². The second kappa shape index (κ2) is 5.25. The molecule has 0 atom stereocenters.